The standard InChI is InChI=1S/C24H36O5/c1-7-29-21(26)24(27)14-18(28-6)20(25)17(24)13-23(5)16(3)11-12-22(4)15(2)9-8-10-19(22)23/h14,16-17,19,27H,2,7-13H2,1,3-6H3/t16-,17+,19+,22-,23+,24+/m0/s1. The van der Waals surface area contributed by atoms with Crippen LogP contribution in [0.5, 0.6) is 0 Å². The molecule has 29 heavy (non-hydrogen) atoms. The van der Waals surface area contributed by atoms with Crippen molar-refractivity contribution in [2.45, 2.75) is 71.8 Å². The SMILES string of the molecule is C=C1CCC[C@H]2[C@](C)(C[C@@H]3C(=O)C(OC)=C[C@]3(O)C(=O)OCC)[C@@H](C)CC[C@@]12C. The van der Waals surface area contributed by atoms with Crippen LogP contribution in [0, 0.1) is 28.6 Å². The summed E-state index contributed by atoms with van der Waals surface area (Å²) in [6.45, 7) is 13.0. The van der Waals surface area contributed by atoms with Crippen molar-refractivity contribution in [3.8, 4) is 0 Å². The fraction of sp³-hybridized carbons (Fsp3) is 0.750. The van der Waals surface area contributed by atoms with E-state index in [0.29, 0.717) is 18.3 Å². The van der Waals surface area contributed by atoms with E-state index in [-0.39, 0.29) is 29.0 Å². The number of rotatable bonds is 5. The molecule has 2 fully saturated rings. The van der Waals surface area contributed by atoms with E-state index in [1.165, 1.54) is 18.8 Å². The zero-order valence-corrected chi connectivity index (χ0v) is 18.5. The molecule has 3 aliphatic carbocycles. The van der Waals surface area contributed by atoms with Crippen LogP contribution in [0.25, 0.3) is 0 Å². The molecule has 0 bridgehead atoms. The van der Waals surface area contributed by atoms with E-state index in [4.69, 9.17) is 9.47 Å². The molecule has 0 amide bonds. The highest BCUT2D eigenvalue weighted by atomic mass is 16.5. The minimum atomic E-state index is -1.97. The fourth-order valence-corrected chi connectivity index (χ4v) is 6.35. The van der Waals surface area contributed by atoms with Crippen LogP contribution in [0.15, 0.2) is 24.0 Å². The first-order chi connectivity index (χ1) is 13.5. The number of carbonyl (C=O) groups is 2. The first-order valence-corrected chi connectivity index (χ1v) is 10.9. The van der Waals surface area contributed by atoms with E-state index >= 15 is 0 Å². The quantitative estimate of drug-likeness (QED) is 0.549. The van der Waals surface area contributed by atoms with Crippen molar-refractivity contribution in [1.82, 2.24) is 0 Å². The Bertz CT molecular complexity index is 740. The van der Waals surface area contributed by atoms with Crippen molar-refractivity contribution < 1.29 is 24.2 Å². The van der Waals surface area contributed by atoms with Crippen LogP contribution in [0.2, 0.25) is 0 Å². The fourth-order valence-electron chi connectivity index (χ4n) is 6.35. The Kier molecular flexibility index (Phi) is 5.76. The summed E-state index contributed by atoms with van der Waals surface area (Å²) < 4.78 is 10.3. The molecule has 2 saturated carbocycles. The lowest BCUT2D eigenvalue weighted by Crippen LogP contribution is -2.54. The number of fused-ring (bicyclic) bond motifs is 1. The van der Waals surface area contributed by atoms with Crippen molar-refractivity contribution in [2.24, 2.45) is 28.6 Å². The first kappa shape index (κ1) is 22.1. The molecule has 0 unspecified atom stereocenters. The minimum Gasteiger partial charge on any atom is -0.493 e. The third-order valence-electron chi connectivity index (χ3n) is 8.47. The lowest BCUT2D eigenvalue weighted by Gasteiger charge is -2.59. The van der Waals surface area contributed by atoms with Crippen LogP contribution < -0.4 is 0 Å². The highest BCUT2D eigenvalue weighted by molar-refractivity contribution is 6.05. The average molecular weight is 405 g/mol. The van der Waals surface area contributed by atoms with Gasteiger partial charge >= 0.3 is 5.97 Å². The Hall–Kier alpha value is -1.62. The van der Waals surface area contributed by atoms with Gasteiger partial charge in [-0.3, -0.25) is 4.79 Å². The molecule has 0 heterocycles. The number of allylic oxidation sites excluding steroid dienone is 2. The summed E-state index contributed by atoms with van der Waals surface area (Å²) in [6, 6.07) is 0. The number of carbonyl (C=O) groups excluding carboxylic acids is 2. The van der Waals surface area contributed by atoms with Crippen molar-refractivity contribution in [1.29, 1.82) is 0 Å². The van der Waals surface area contributed by atoms with Gasteiger partial charge < -0.3 is 14.6 Å². The topological polar surface area (TPSA) is 72.8 Å². The summed E-state index contributed by atoms with van der Waals surface area (Å²) in [4.78, 5) is 25.8. The maximum atomic E-state index is 13.1. The number of hydrogen-bond acceptors (Lipinski definition) is 5. The first-order valence-electron chi connectivity index (χ1n) is 10.9. The van der Waals surface area contributed by atoms with Gasteiger partial charge in [-0.1, -0.05) is 32.9 Å². The van der Waals surface area contributed by atoms with E-state index in [2.05, 4.69) is 27.4 Å². The normalized spacial score (nSPS) is 42.3. The molecule has 162 valence electrons. The van der Waals surface area contributed by atoms with Crippen LogP contribution in [0.1, 0.15) is 66.2 Å². The second-order valence-electron chi connectivity index (χ2n) is 9.79. The minimum absolute atomic E-state index is 0.0424. The predicted molar refractivity (Wildman–Crippen MR) is 111 cm³/mol. The Morgan fingerprint density at radius 1 is 1.34 bits per heavy atom. The molecule has 0 radical (unpaired) electrons. The van der Waals surface area contributed by atoms with Crippen molar-refractivity contribution in [3.05, 3.63) is 24.0 Å². The molecule has 0 aromatic heterocycles. The van der Waals surface area contributed by atoms with E-state index in [0.717, 1.165) is 32.1 Å². The van der Waals surface area contributed by atoms with E-state index in [9.17, 15) is 14.7 Å². The van der Waals surface area contributed by atoms with Crippen LogP contribution in [0.4, 0.5) is 0 Å². The third-order valence-corrected chi connectivity index (χ3v) is 8.47. The third kappa shape index (κ3) is 3.26. The van der Waals surface area contributed by atoms with E-state index < -0.39 is 17.5 Å². The van der Waals surface area contributed by atoms with Crippen LogP contribution >= 0.6 is 0 Å². The Balaban J connectivity index is 1.99. The molecule has 0 spiro atoms. The summed E-state index contributed by atoms with van der Waals surface area (Å²) in [5.41, 5.74) is -0.823. The molecule has 5 heteroatoms. The largest absolute Gasteiger partial charge is 0.493 e. The van der Waals surface area contributed by atoms with Crippen molar-refractivity contribution >= 4 is 11.8 Å². The number of hydrogen-bond donors (Lipinski definition) is 1. The number of esters is 1. The average Bonchev–Trinajstić information content (AvgIpc) is 2.92. The zero-order valence-electron chi connectivity index (χ0n) is 18.5. The molecule has 0 aliphatic heterocycles. The van der Waals surface area contributed by atoms with Gasteiger partial charge in [-0.15, -0.1) is 0 Å². The lowest BCUT2D eigenvalue weighted by molar-refractivity contribution is -0.169. The smallest absolute Gasteiger partial charge is 0.343 e. The van der Waals surface area contributed by atoms with Crippen LogP contribution in [-0.2, 0) is 19.1 Å². The molecule has 0 aromatic carbocycles. The molecule has 3 aliphatic rings. The Morgan fingerprint density at radius 3 is 2.66 bits per heavy atom. The zero-order chi connectivity index (χ0) is 21.6. The lowest BCUT2D eigenvalue weighted by atomic mass is 9.45. The maximum Gasteiger partial charge on any atom is 0.343 e. The van der Waals surface area contributed by atoms with Gasteiger partial charge in [0.15, 0.2) is 11.4 Å². The number of methoxy groups -OCH3 is 1. The summed E-state index contributed by atoms with van der Waals surface area (Å²) in [6.07, 6.45) is 7.08. The van der Waals surface area contributed by atoms with Gasteiger partial charge in [0.25, 0.3) is 0 Å². The molecule has 5 nitrogen and oxygen atoms in total. The van der Waals surface area contributed by atoms with Crippen LogP contribution in [0.3, 0.4) is 0 Å². The molecule has 0 saturated heterocycles. The Labute approximate surface area is 174 Å². The Morgan fingerprint density at radius 2 is 2.03 bits per heavy atom. The summed E-state index contributed by atoms with van der Waals surface area (Å²) >= 11 is 0. The van der Waals surface area contributed by atoms with E-state index in [1.807, 2.05) is 0 Å². The second kappa shape index (κ2) is 7.57. The van der Waals surface area contributed by atoms with E-state index in [1.54, 1.807) is 6.92 Å². The number of aliphatic hydroxyl groups is 1. The van der Waals surface area contributed by atoms with Gasteiger partial charge in [0.2, 0.25) is 5.78 Å². The van der Waals surface area contributed by atoms with Crippen LogP contribution in [-0.4, -0.2) is 36.2 Å². The van der Waals surface area contributed by atoms with Gasteiger partial charge in [0.1, 0.15) is 0 Å². The van der Waals surface area contributed by atoms with Gasteiger partial charge in [0, 0.05) is 6.08 Å². The number of ketones is 1. The number of Topliss-reactive ketones (excluding diaryl/α,β-unsaturated/α-hetero) is 1. The van der Waals surface area contributed by atoms with Gasteiger partial charge in [0.05, 0.1) is 19.6 Å². The van der Waals surface area contributed by atoms with Crippen molar-refractivity contribution in [3.63, 3.8) is 0 Å². The maximum absolute atomic E-state index is 13.1. The molecular formula is C24H36O5. The molecule has 0 aromatic rings. The second-order valence-corrected chi connectivity index (χ2v) is 9.79. The molecular weight excluding hydrogens is 368 g/mol. The summed E-state index contributed by atoms with van der Waals surface area (Å²) in [5.74, 6) is -1.18. The summed E-state index contributed by atoms with van der Waals surface area (Å²) in [5, 5.41) is 11.3. The van der Waals surface area contributed by atoms with Gasteiger partial charge in [-0.25, -0.2) is 4.79 Å². The van der Waals surface area contributed by atoms with Gasteiger partial charge in [-0.2, -0.15) is 0 Å². The monoisotopic (exact) mass is 404 g/mol. The van der Waals surface area contributed by atoms with Gasteiger partial charge in [-0.05, 0) is 68.1 Å². The predicted octanol–water partition coefficient (Wildman–Crippen LogP) is 4.20. The highest BCUT2D eigenvalue weighted by Crippen LogP contribution is 2.63. The number of ether oxygens (including phenoxy) is 2. The van der Waals surface area contributed by atoms with Crippen molar-refractivity contribution in [2.75, 3.05) is 13.7 Å². The highest BCUT2D eigenvalue weighted by Gasteiger charge is 2.60. The molecule has 1 N–H and O–H groups in total. The molecule has 6 atom stereocenters. The molecule has 3 rings (SSSR count). The summed E-state index contributed by atoms with van der Waals surface area (Å²) in [7, 11) is 1.39.